The van der Waals surface area contributed by atoms with E-state index < -0.39 is 37.5 Å². The molecule has 1 saturated heterocycles. The molecule has 2 unspecified atom stereocenters. The van der Waals surface area contributed by atoms with Gasteiger partial charge in [0.2, 0.25) is 5.95 Å². The van der Waals surface area contributed by atoms with Crippen LogP contribution in [0.2, 0.25) is 0 Å². The van der Waals surface area contributed by atoms with Crippen molar-refractivity contribution < 1.29 is 32.3 Å². The molecule has 1 fully saturated rings. The van der Waals surface area contributed by atoms with Gasteiger partial charge in [-0.15, -0.1) is 0 Å². The van der Waals surface area contributed by atoms with Crippen molar-refractivity contribution in [2.45, 2.75) is 38.0 Å². The number of nitrogens with two attached hydrogens (primary N) is 1. The van der Waals surface area contributed by atoms with Gasteiger partial charge in [-0.3, -0.25) is 23.4 Å². The second-order valence-corrected chi connectivity index (χ2v) is 14.7. The lowest BCUT2D eigenvalue weighted by Gasteiger charge is -2.23. The van der Waals surface area contributed by atoms with Crippen LogP contribution in [0.3, 0.4) is 0 Å². The lowest BCUT2D eigenvalue weighted by Crippen LogP contribution is -2.22. The van der Waals surface area contributed by atoms with E-state index in [9.17, 15) is 19.5 Å². The number of ether oxygens (including phenoxy) is 1. The molecule has 17 nitrogen and oxygen atoms in total. The Bertz CT molecular complexity index is 1860. The third kappa shape index (κ3) is 5.81. The lowest BCUT2D eigenvalue weighted by atomic mass is 10.2. The van der Waals surface area contributed by atoms with Gasteiger partial charge in [0.15, 0.2) is 23.0 Å². The van der Waals surface area contributed by atoms with Crippen molar-refractivity contribution in [3.05, 3.63) is 40.3 Å². The molecule has 41 heavy (non-hydrogen) atoms. The molecule has 6 rings (SSSR count). The van der Waals surface area contributed by atoms with Crippen molar-refractivity contribution in [3.8, 4) is 6.07 Å². The average Bonchev–Trinajstić information content (AvgIpc) is 3.60. The first-order chi connectivity index (χ1) is 19.5. The molecule has 5 atom stereocenters. The molecule has 0 radical (unpaired) electrons. The highest BCUT2D eigenvalue weighted by Crippen LogP contribution is 2.57. The third-order valence-corrected chi connectivity index (χ3v) is 9.52. The number of nitrogens with zero attached hydrogens (tertiary/aromatic N) is 7. The molecule has 216 valence electrons. The summed E-state index contributed by atoms with van der Waals surface area (Å²) in [5, 5.41) is 9.23. The number of imidazole rings is 2. The van der Waals surface area contributed by atoms with E-state index in [1.165, 1.54) is 17.1 Å². The molecule has 6 heterocycles. The Kier molecular flexibility index (Phi) is 7.49. The van der Waals surface area contributed by atoms with Gasteiger partial charge < -0.3 is 29.0 Å². The van der Waals surface area contributed by atoms with Crippen LogP contribution >= 0.6 is 25.8 Å². The van der Waals surface area contributed by atoms with Crippen molar-refractivity contribution in [1.82, 2.24) is 34.1 Å². The number of rotatable bonds is 1. The maximum absolute atomic E-state index is 13.4. The van der Waals surface area contributed by atoms with E-state index >= 15 is 0 Å². The number of thiol groups is 1. The smallest absolute Gasteiger partial charge is 0.369 e. The van der Waals surface area contributed by atoms with Crippen LogP contribution in [0.5, 0.6) is 0 Å². The largest absolute Gasteiger partial charge is 0.386 e. The molecular formula is C20H21N9O8P2S2. The summed E-state index contributed by atoms with van der Waals surface area (Å²) >= 11 is 9.35. The van der Waals surface area contributed by atoms with Gasteiger partial charge in [-0.2, -0.15) is 10.2 Å². The molecule has 4 N–H and O–H groups in total. The topological polar surface area (TPSA) is 228 Å². The van der Waals surface area contributed by atoms with Gasteiger partial charge in [0.1, 0.15) is 30.1 Å². The normalized spacial score (nSPS) is 29.5. The van der Waals surface area contributed by atoms with E-state index in [4.69, 9.17) is 40.4 Å². The van der Waals surface area contributed by atoms with Gasteiger partial charge in [0.05, 0.1) is 31.2 Å². The van der Waals surface area contributed by atoms with Crippen LogP contribution in [0.25, 0.3) is 22.3 Å². The average molecular weight is 642 g/mol. The second kappa shape index (κ2) is 10.8. The predicted molar refractivity (Wildman–Crippen MR) is 148 cm³/mol. The highest BCUT2D eigenvalue weighted by molar-refractivity contribution is 8.44. The van der Waals surface area contributed by atoms with E-state index in [2.05, 4.69) is 37.2 Å². The zero-order valence-corrected chi connectivity index (χ0v) is 24.3. The number of nitrogens with one attached hydrogen (secondary N) is 1. The van der Waals surface area contributed by atoms with Crippen LogP contribution in [-0.2, 0) is 52.4 Å². The predicted octanol–water partition coefficient (Wildman–Crippen LogP) is 1.51. The van der Waals surface area contributed by atoms with Crippen LogP contribution < -0.4 is 11.3 Å². The van der Waals surface area contributed by atoms with Gasteiger partial charge in [0, 0.05) is 19.2 Å². The number of aromatic nitrogens is 7. The third-order valence-electron chi connectivity index (χ3n) is 6.28. The number of pyridine rings is 1. The fourth-order valence-electron chi connectivity index (χ4n) is 4.56. The fourth-order valence-corrected chi connectivity index (χ4v) is 7.12. The number of H-pyrrole nitrogens is 1. The summed E-state index contributed by atoms with van der Waals surface area (Å²) < 4.78 is 45.1. The maximum Gasteiger partial charge on any atom is 0.386 e. The number of nitriles is 1. The Hall–Kier alpha value is -2.75. The van der Waals surface area contributed by atoms with Gasteiger partial charge in [0.25, 0.3) is 5.56 Å². The Morgan fingerprint density at radius 1 is 1.27 bits per heavy atom. The molecule has 4 aromatic rings. The van der Waals surface area contributed by atoms with Crippen molar-refractivity contribution in [2.75, 3.05) is 18.9 Å². The fraction of sp³-hybridized carbons (Fsp3) is 0.400. The Labute approximate surface area is 240 Å². The Morgan fingerprint density at radius 3 is 2.90 bits per heavy atom. The number of nitrogen functional groups attached to an aromatic ring is 1. The molecule has 0 aliphatic carbocycles. The summed E-state index contributed by atoms with van der Waals surface area (Å²) in [7, 11) is 0. The van der Waals surface area contributed by atoms with Gasteiger partial charge in [-0.1, -0.05) is 12.2 Å². The number of hydrogen-bond donors (Lipinski definition) is 4. The van der Waals surface area contributed by atoms with Crippen LogP contribution in [0.4, 0.5) is 5.95 Å². The Balaban J connectivity index is 1.35. The summed E-state index contributed by atoms with van der Waals surface area (Å²) in [6.07, 6.45) is 0.0992. The number of fused-ring (bicyclic) bond motifs is 6. The van der Waals surface area contributed by atoms with Crippen molar-refractivity contribution >= 4 is 65.8 Å². The van der Waals surface area contributed by atoms with Crippen LogP contribution in [0, 0.1) is 11.3 Å². The van der Waals surface area contributed by atoms with E-state index in [0.717, 1.165) is 0 Å². The highest BCUT2D eigenvalue weighted by Gasteiger charge is 2.43. The van der Waals surface area contributed by atoms with E-state index in [1.54, 1.807) is 10.6 Å². The first kappa shape index (κ1) is 28.4. The second-order valence-electron chi connectivity index (χ2n) is 9.00. The minimum absolute atomic E-state index is 0.0000227. The minimum atomic E-state index is -4.07. The highest BCUT2D eigenvalue weighted by atomic mass is 32.7. The minimum Gasteiger partial charge on any atom is -0.369 e. The molecule has 0 saturated carbocycles. The monoisotopic (exact) mass is 641 g/mol. The molecule has 2 aliphatic rings. The van der Waals surface area contributed by atoms with Crippen molar-refractivity contribution in [2.24, 2.45) is 0 Å². The summed E-state index contributed by atoms with van der Waals surface area (Å²) in [4.78, 5) is 42.3. The molecule has 2 aliphatic heterocycles. The quantitative estimate of drug-likeness (QED) is 0.171. The number of aromatic amines is 1. The Morgan fingerprint density at radius 2 is 2.10 bits per heavy atom. The molecule has 4 aromatic heterocycles. The number of anilines is 1. The zero-order chi connectivity index (χ0) is 28.9. The number of hydrogen-bond acceptors (Lipinski definition) is 14. The van der Waals surface area contributed by atoms with E-state index in [-0.39, 0.29) is 55.7 Å². The zero-order valence-electron chi connectivity index (χ0n) is 20.8. The van der Waals surface area contributed by atoms with E-state index in [0.29, 0.717) is 16.7 Å². The SMILES string of the molecule is N#Cc1cnc2c(c1)nc1n2CCOP(O)(=S)OC[C@@H]2C[C@@H](OP(=O)(S)OC1)[C@H](n1cnc3c(=O)[nH]c(N)nc31)O2. The van der Waals surface area contributed by atoms with Crippen LogP contribution in [0.1, 0.15) is 24.0 Å². The van der Waals surface area contributed by atoms with Crippen LogP contribution in [0.15, 0.2) is 23.4 Å². The van der Waals surface area contributed by atoms with Gasteiger partial charge in [-0.25, -0.2) is 19.5 Å². The molecule has 2 bridgehead atoms. The maximum atomic E-state index is 13.4. The standard InChI is InChI=1S/C20H21N9O8P2S2/c21-5-10-3-12-16(23-6-10)28-1-2-33-38(31,40)34-7-11-4-13(37-39(32,41)35-8-14(28)25-12)19(36-11)29-9-24-15-17(29)26-20(22)27-18(15)30/h3,6,9,11,13,19H,1-2,4,7-8H2,(H,31,40)(H,32,41)(H3,22,26,27,30)/t11-,13+,19+,38?,39?/m0/s1. The summed E-state index contributed by atoms with van der Waals surface area (Å²) in [6.45, 7) is -8.24. The van der Waals surface area contributed by atoms with Gasteiger partial charge in [-0.05, 0) is 17.9 Å². The molecule has 0 amide bonds. The molecule has 21 heteroatoms. The van der Waals surface area contributed by atoms with E-state index in [1.807, 2.05) is 6.07 Å². The van der Waals surface area contributed by atoms with Crippen LogP contribution in [-0.4, -0.2) is 64.4 Å². The van der Waals surface area contributed by atoms with Gasteiger partial charge >= 0.3 is 13.5 Å². The van der Waals surface area contributed by atoms with Crippen molar-refractivity contribution in [3.63, 3.8) is 0 Å². The van der Waals surface area contributed by atoms with Crippen molar-refractivity contribution in [1.29, 1.82) is 5.26 Å². The molecule has 0 spiro atoms. The molecular weight excluding hydrogens is 620 g/mol. The first-order valence-electron chi connectivity index (χ1n) is 11.9. The summed E-state index contributed by atoms with van der Waals surface area (Å²) in [6, 6.07) is 3.54. The summed E-state index contributed by atoms with van der Waals surface area (Å²) in [5.74, 6) is 0.136. The summed E-state index contributed by atoms with van der Waals surface area (Å²) in [5.41, 5.74) is 6.35. The lowest BCUT2D eigenvalue weighted by molar-refractivity contribution is -0.0440. The first-order valence-corrected chi connectivity index (χ1v) is 17.2. The molecule has 0 aromatic carbocycles.